The molecule has 0 atom stereocenters. The van der Waals surface area contributed by atoms with Gasteiger partial charge in [-0.15, -0.1) is 0 Å². The number of nitrogens with two attached hydrogens (primary N) is 1. The first kappa shape index (κ1) is 10.5. The van der Waals surface area contributed by atoms with E-state index < -0.39 is 0 Å². The summed E-state index contributed by atoms with van der Waals surface area (Å²) in [7, 11) is 0. The Bertz CT molecular complexity index is 765. The zero-order valence-corrected chi connectivity index (χ0v) is 9.45. The number of rotatable bonds is 1. The van der Waals surface area contributed by atoms with Crippen LogP contribution in [0.1, 0.15) is 0 Å². The molecule has 2 N–H and O–H groups in total. The zero-order valence-electron chi connectivity index (χ0n) is 9.45. The standard InChI is InChI=1S/C13H10N4O/c14-9-1-2-12-11(7-9)13(18)17(8-16-12)10-3-5-15-6-4-10/h1-8H,14H2. The van der Waals surface area contributed by atoms with Crippen LogP contribution in [0.3, 0.4) is 0 Å². The summed E-state index contributed by atoms with van der Waals surface area (Å²) < 4.78 is 1.48. The highest BCUT2D eigenvalue weighted by molar-refractivity contribution is 5.81. The van der Waals surface area contributed by atoms with E-state index in [-0.39, 0.29) is 5.56 Å². The number of nitrogens with zero attached hydrogens (tertiary/aromatic N) is 3. The number of aromatic nitrogens is 3. The molecule has 0 spiro atoms. The Morgan fingerprint density at radius 3 is 2.67 bits per heavy atom. The summed E-state index contributed by atoms with van der Waals surface area (Å²) in [5.41, 5.74) is 7.47. The Kier molecular flexibility index (Phi) is 2.30. The number of nitrogen functional groups attached to an aromatic ring is 1. The lowest BCUT2D eigenvalue weighted by Crippen LogP contribution is -2.18. The summed E-state index contributed by atoms with van der Waals surface area (Å²) >= 11 is 0. The summed E-state index contributed by atoms with van der Waals surface area (Å²) in [6.45, 7) is 0. The molecule has 0 unspecified atom stereocenters. The minimum Gasteiger partial charge on any atom is -0.399 e. The van der Waals surface area contributed by atoms with E-state index in [2.05, 4.69) is 9.97 Å². The van der Waals surface area contributed by atoms with Crippen LogP contribution in [-0.2, 0) is 0 Å². The topological polar surface area (TPSA) is 73.8 Å². The molecule has 0 radical (unpaired) electrons. The van der Waals surface area contributed by atoms with Gasteiger partial charge >= 0.3 is 0 Å². The molecule has 1 aromatic carbocycles. The molecule has 88 valence electrons. The van der Waals surface area contributed by atoms with Crippen LogP contribution < -0.4 is 11.3 Å². The molecule has 5 nitrogen and oxygen atoms in total. The summed E-state index contributed by atoms with van der Waals surface area (Å²) in [4.78, 5) is 20.5. The Labute approximate surface area is 103 Å². The SMILES string of the molecule is Nc1ccc2ncn(-c3ccncc3)c(=O)c2c1. The van der Waals surface area contributed by atoms with Gasteiger partial charge in [0.2, 0.25) is 0 Å². The van der Waals surface area contributed by atoms with Crippen LogP contribution in [-0.4, -0.2) is 14.5 Å². The Morgan fingerprint density at radius 1 is 1.11 bits per heavy atom. The number of fused-ring (bicyclic) bond motifs is 1. The molecule has 5 heteroatoms. The average molecular weight is 238 g/mol. The predicted molar refractivity (Wildman–Crippen MR) is 69.5 cm³/mol. The van der Waals surface area contributed by atoms with Crippen LogP contribution in [0.15, 0.2) is 53.8 Å². The molecule has 18 heavy (non-hydrogen) atoms. The summed E-state index contributed by atoms with van der Waals surface area (Å²) in [5.74, 6) is 0. The van der Waals surface area contributed by atoms with E-state index >= 15 is 0 Å². The van der Waals surface area contributed by atoms with Crippen molar-refractivity contribution in [2.45, 2.75) is 0 Å². The average Bonchev–Trinajstić information content (AvgIpc) is 2.41. The highest BCUT2D eigenvalue weighted by Gasteiger charge is 2.05. The first-order valence-electron chi connectivity index (χ1n) is 5.43. The van der Waals surface area contributed by atoms with Gasteiger partial charge in [0.15, 0.2) is 0 Å². The largest absolute Gasteiger partial charge is 0.399 e. The van der Waals surface area contributed by atoms with Gasteiger partial charge in [-0.2, -0.15) is 0 Å². The van der Waals surface area contributed by atoms with Crippen LogP contribution in [0.2, 0.25) is 0 Å². The van der Waals surface area contributed by atoms with E-state index in [1.54, 1.807) is 42.7 Å². The van der Waals surface area contributed by atoms with E-state index in [1.807, 2.05) is 0 Å². The zero-order chi connectivity index (χ0) is 12.5. The maximum absolute atomic E-state index is 12.3. The van der Waals surface area contributed by atoms with Crippen molar-refractivity contribution in [3.63, 3.8) is 0 Å². The Hall–Kier alpha value is -2.69. The van der Waals surface area contributed by atoms with Gasteiger partial charge in [-0.05, 0) is 30.3 Å². The van der Waals surface area contributed by atoms with Gasteiger partial charge < -0.3 is 5.73 Å². The predicted octanol–water partition coefficient (Wildman–Crippen LogP) is 1.36. The second-order valence-electron chi connectivity index (χ2n) is 3.90. The molecule has 0 fully saturated rings. The van der Waals surface area contributed by atoms with Crippen LogP contribution in [0.5, 0.6) is 0 Å². The lowest BCUT2D eigenvalue weighted by molar-refractivity contribution is 0.958. The highest BCUT2D eigenvalue weighted by Crippen LogP contribution is 2.12. The molecule has 3 aromatic rings. The first-order chi connectivity index (χ1) is 8.75. The van der Waals surface area contributed by atoms with Crippen LogP contribution in [0.4, 0.5) is 5.69 Å². The molecule has 0 amide bonds. The van der Waals surface area contributed by atoms with Crippen molar-refractivity contribution in [1.29, 1.82) is 0 Å². The monoisotopic (exact) mass is 238 g/mol. The summed E-state index contributed by atoms with van der Waals surface area (Å²) in [6, 6.07) is 8.61. The quantitative estimate of drug-likeness (QED) is 0.650. The van der Waals surface area contributed by atoms with Gasteiger partial charge in [-0.25, -0.2) is 4.98 Å². The van der Waals surface area contributed by atoms with Crippen molar-refractivity contribution >= 4 is 16.6 Å². The van der Waals surface area contributed by atoms with Crippen molar-refractivity contribution in [2.75, 3.05) is 5.73 Å². The molecule has 0 saturated carbocycles. The second kappa shape index (κ2) is 3.96. The van der Waals surface area contributed by atoms with Crippen molar-refractivity contribution in [2.24, 2.45) is 0 Å². The van der Waals surface area contributed by atoms with Crippen LogP contribution in [0.25, 0.3) is 16.6 Å². The molecular formula is C13H10N4O. The fraction of sp³-hybridized carbons (Fsp3) is 0. The number of pyridine rings is 1. The molecule has 0 aliphatic rings. The van der Waals surface area contributed by atoms with E-state index in [0.29, 0.717) is 16.6 Å². The summed E-state index contributed by atoms with van der Waals surface area (Å²) in [5, 5.41) is 0.509. The van der Waals surface area contributed by atoms with E-state index in [0.717, 1.165) is 5.69 Å². The van der Waals surface area contributed by atoms with Crippen molar-refractivity contribution in [1.82, 2.24) is 14.5 Å². The lowest BCUT2D eigenvalue weighted by Gasteiger charge is -2.06. The third kappa shape index (κ3) is 1.62. The molecule has 0 bridgehead atoms. The Balaban J connectivity index is 2.33. The number of benzene rings is 1. The third-order valence-corrected chi connectivity index (χ3v) is 2.72. The summed E-state index contributed by atoms with van der Waals surface area (Å²) in [6.07, 6.45) is 4.77. The minimum atomic E-state index is -0.140. The number of hydrogen-bond acceptors (Lipinski definition) is 4. The molecule has 0 aliphatic carbocycles. The highest BCUT2D eigenvalue weighted by atomic mass is 16.1. The van der Waals surface area contributed by atoms with Gasteiger partial charge in [0.25, 0.3) is 5.56 Å². The fourth-order valence-corrected chi connectivity index (χ4v) is 1.83. The van der Waals surface area contributed by atoms with E-state index in [9.17, 15) is 4.79 Å². The van der Waals surface area contributed by atoms with Crippen molar-refractivity contribution in [3.05, 3.63) is 59.4 Å². The van der Waals surface area contributed by atoms with Crippen molar-refractivity contribution in [3.8, 4) is 5.69 Å². The molecule has 0 saturated heterocycles. The van der Waals surface area contributed by atoms with Crippen molar-refractivity contribution < 1.29 is 0 Å². The second-order valence-corrected chi connectivity index (χ2v) is 3.90. The van der Waals surface area contributed by atoms with E-state index in [1.165, 1.54) is 10.9 Å². The van der Waals surface area contributed by atoms with Gasteiger partial charge in [0.05, 0.1) is 16.6 Å². The van der Waals surface area contributed by atoms with E-state index in [4.69, 9.17) is 5.73 Å². The minimum absolute atomic E-state index is 0.140. The lowest BCUT2D eigenvalue weighted by atomic mass is 10.2. The van der Waals surface area contributed by atoms with Gasteiger partial charge in [-0.1, -0.05) is 0 Å². The number of anilines is 1. The van der Waals surface area contributed by atoms with Gasteiger partial charge in [0.1, 0.15) is 6.33 Å². The van der Waals surface area contributed by atoms with Gasteiger partial charge in [0, 0.05) is 18.1 Å². The maximum Gasteiger partial charge on any atom is 0.265 e. The molecule has 3 rings (SSSR count). The van der Waals surface area contributed by atoms with Crippen LogP contribution >= 0.6 is 0 Å². The first-order valence-corrected chi connectivity index (χ1v) is 5.43. The normalized spacial score (nSPS) is 10.7. The van der Waals surface area contributed by atoms with Gasteiger partial charge in [-0.3, -0.25) is 14.3 Å². The molecular weight excluding hydrogens is 228 g/mol. The number of hydrogen-bond donors (Lipinski definition) is 1. The van der Waals surface area contributed by atoms with Crippen LogP contribution in [0, 0.1) is 0 Å². The molecule has 2 aromatic heterocycles. The fourth-order valence-electron chi connectivity index (χ4n) is 1.83. The Morgan fingerprint density at radius 2 is 1.89 bits per heavy atom. The molecule has 0 aliphatic heterocycles. The smallest absolute Gasteiger partial charge is 0.265 e. The third-order valence-electron chi connectivity index (χ3n) is 2.72. The molecule has 2 heterocycles. The maximum atomic E-state index is 12.3.